The molecule has 0 fully saturated rings. The molecule has 1 atom stereocenters. The Morgan fingerprint density at radius 2 is 2.00 bits per heavy atom. The number of carbonyl (C=O) groups excluding carboxylic acids is 1. The van der Waals surface area contributed by atoms with E-state index in [1.807, 2.05) is 37.3 Å². The van der Waals surface area contributed by atoms with Gasteiger partial charge in [0.25, 0.3) is 0 Å². The molecule has 0 aliphatic carbocycles. The van der Waals surface area contributed by atoms with Crippen LogP contribution in [0.1, 0.15) is 28.1 Å². The van der Waals surface area contributed by atoms with E-state index < -0.39 is 0 Å². The molecular weight excluding hydrogens is 320 g/mol. The van der Waals surface area contributed by atoms with Gasteiger partial charge < -0.3 is 0 Å². The molecule has 0 saturated heterocycles. The Balaban J connectivity index is 2.26. The fourth-order valence-electron chi connectivity index (χ4n) is 1.57. The quantitative estimate of drug-likeness (QED) is 0.712. The molecule has 1 aromatic heterocycles. The lowest BCUT2D eigenvalue weighted by Crippen LogP contribution is -2.07. The summed E-state index contributed by atoms with van der Waals surface area (Å²) in [5, 5.41) is 0.596. The van der Waals surface area contributed by atoms with Gasteiger partial charge >= 0.3 is 0 Å². The molecule has 4 heteroatoms. The van der Waals surface area contributed by atoms with Crippen LogP contribution >= 0.6 is 38.9 Å². The highest BCUT2D eigenvalue weighted by Gasteiger charge is 2.19. The molecule has 88 valence electrons. The highest BCUT2D eigenvalue weighted by Crippen LogP contribution is 2.34. The first-order valence-corrected chi connectivity index (χ1v) is 7.12. The van der Waals surface area contributed by atoms with Crippen LogP contribution in [-0.4, -0.2) is 5.78 Å². The summed E-state index contributed by atoms with van der Waals surface area (Å²) in [5.74, 6) is -0.0355. The molecule has 2 aromatic rings. The van der Waals surface area contributed by atoms with Gasteiger partial charge in [0.1, 0.15) is 0 Å². The molecule has 17 heavy (non-hydrogen) atoms. The van der Waals surface area contributed by atoms with Gasteiger partial charge in [0, 0.05) is 5.92 Å². The van der Waals surface area contributed by atoms with E-state index in [4.69, 9.17) is 11.6 Å². The first-order chi connectivity index (χ1) is 8.09. The smallest absolute Gasteiger partial charge is 0.180 e. The second kappa shape index (κ2) is 5.34. The van der Waals surface area contributed by atoms with Crippen molar-refractivity contribution in [1.82, 2.24) is 0 Å². The van der Waals surface area contributed by atoms with E-state index in [1.54, 1.807) is 6.07 Å². The van der Waals surface area contributed by atoms with Crippen molar-refractivity contribution in [3.63, 3.8) is 0 Å². The van der Waals surface area contributed by atoms with Crippen molar-refractivity contribution in [3.05, 3.63) is 55.6 Å². The van der Waals surface area contributed by atoms with Gasteiger partial charge in [-0.1, -0.05) is 48.9 Å². The van der Waals surface area contributed by atoms with Gasteiger partial charge in [-0.2, -0.15) is 0 Å². The van der Waals surface area contributed by atoms with Crippen molar-refractivity contribution in [3.8, 4) is 0 Å². The summed E-state index contributed by atoms with van der Waals surface area (Å²) in [4.78, 5) is 12.9. The average Bonchev–Trinajstić information content (AvgIpc) is 2.69. The third kappa shape index (κ3) is 2.79. The largest absolute Gasteiger partial charge is 0.293 e. The fourth-order valence-corrected chi connectivity index (χ4v) is 3.31. The lowest BCUT2D eigenvalue weighted by molar-refractivity contribution is 0.0970. The monoisotopic (exact) mass is 328 g/mol. The van der Waals surface area contributed by atoms with E-state index in [1.165, 1.54) is 11.3 Å². The first kappa shape index (κ1) is 12.8. The molecule has 1 unspecified atom stereocenters. The van der Waals surface area contributed by atoms with Crippen LogP contribution in [0.2, 0.25) is 5.02 Å². The molecule has 1 aromatic carbocycles. The van der Waals surface area contributed by atoms with Gasteiger partial charge in [0.05, 0.1) is 13.7 Å². The number of rotatable bonds is 3. The van der Waals surface area contributed by atoms with Crippen molar-refractivity contribution in [1.29, 1.82) is 0 Å². The predicted molar refractivity (Wildman–Crippen MR) is 76.2 cm³/mol. The Bertz CT molecular complexity index is 516. The number of hydrogen-bond donors (Lipinski definition) is 0. The molecule has 0 bridgehead atoms. The van der Waals surface area contributed by atoms with E-state index in [0.29, 0.717) is 9.90 Å². The molecule has 0 amide bonds. The van der Waals surface area contributed by atoms with Gasteiger partial charge in [-0.3, -0.25) is 4.79 Å². The van der Waals surface area contributed by atoms with Crippen LogP contribution in [0.5, 0.6) is 0 Å². The third-order valence-corrected chi connectivity index (χ3v) is 5.07. The van der Waals surface area contributed by atoms with Crippen LogP contribution in [0.4, 0.5) is 0 Å². The number of ketones is 1. The zero-order chi connectivity index (χ0) is 12.4. The summed E-state index contributed by atoms with van der Waals surface area (Å²) < 4.78 is 0.808. The minimum absolute atomic E-state index is 0.105. The molecule has 1 heterocycles. The van der Waals surface area contributed by atoms with Crippen LogP contribution in [0.3, 0.4) is 0 Å². The maximum atomic E-state index is 12.2. The van der Waals surface area contributed by atoms with E-state index in [9.17, 15) is 4.79 Å². The van der Waals surface area contributed by atoms with Crippen molar-refractivity contribution in [2.75, 3.05) is 0 Å². The minimum atomic E-state index is -0.141. The standard InChI is InChI=1S/C13H10BrClOS/c1-8(9-5-3-2-4-6-9)12(16)11-7-10(15)13(14)17-11/h2-8H,1H3. The van der Waals surface area contributed by atoms with E-state index in [0.717, 1.165) is 9.35 Å². The van der Waals surface area contributed by atoms with Gasteiger partial charge in [0.2, 0.25) is 0 Å². The lowest BCUT2D eigenvalue weighted by Gasteiger charge is -2.08. The van der Waals surface area contributed by atoms with Gasteiger partial charge in [-0.05, 0) is 27.6 Å². The summed E-state index contributed by atoms with van der Waals surface area (Å²) in [6, 6.07) is 11.5. The van der Waals surface area contributed by atoms with E-state index >= 15 is 0 Å². The Labute approximate surface area is 118 Å². The van der Waals surface area contributed by atoms with Crippen LogP contribution in [0, 0.1) is 0 Å². The lowest BCUT2D eigenvalue weighted by atomic mass is 9.96. The molecule has 0 spiro atoms. The Hall–Kier alpha value is -0.640. The summed E-state index contributed by atoms with van der Waals surface area (Å²) >= 11 is 10.6. The second-order valence-electron chi connectivity index (χ2n) is 3.73. The maximum absolute atomic E-state index is 12.2. The van der Waals surface area contributed by atoms with Crippen LogP contribution < -0.4 is 0 Å². The summed E-state index contributed by atoms with van der Waals surface area (Å²) in [6.07, 6.45) is 0. The summed E-state index contributed by atoms with van der Waals surface area (Å²) in [7, 11) is 0. The molecule has 0 aliphatic heterocycles. The van der Waals surface area contributed by atoms with Gasteiger partial charge in [0.15, 0.2) is 5.78 Å². The molecule has 0 N–H and O–H groups in total. The van der Waals surface area contributed by atoms with Crippen LogP contribution in [0.25, 0.3) is 0 Å². The van der Waals surface area contributed by atoms with Crippen molar-refractivity contribution in [2.45, 2.75) is 12.8 Å². The van der Waals surface area contributed by atoms with Crippen molar-refractivity contribution < 1.29 is 4.79 Å². The zero-order valence-electron chi connectivity index (χ0n) is 9.11. The number of Topliss-reactive ketones (excluding diaryl/α,β-unsaturated/α-hetero) is 1. The van der Waals surface area contributed by atoms with Crippen LogP contribution in [-0.2, 0) is 0 Å². The first-order valence-electron chi connectivity index (χ1n) is 5.13. The second-order valence-corrected chi connectivity index (χ2v) is 6.51. The molecule has 0 radical (unpaired) electrons. The zero-order valence-corrected chi connectivity index (χ0v) is 12.3. The van der Waals surface area contributed by atoms with Gasteiger partial charge in [-0.15, -0.1) is 11.3 Å². The van der Waals surface area contributed by atoms with Gasteiger partial charge in [-0.25, -0.2) is 0 Å². The Morgan fingerprint density at radius 3 is 2.53 bits per heavy atom. The summed E-state index contributed by atoms with van der Waals surface area (Å²) in [6.45, 7) is 1.92. The highest BCUT2D eigenvalue weighted by molar-refractivity contribution is 9.11. The molecular formula is C13H10BrClOS. The molecule has 1 nitrogen and oxygen atoms in total. The SMILES string of the molecule is CC(C(=O)c1cc(Cl)c(Br)s1)c1ccccc1. The van der Waals surface area contributed by atoms with E-state index in [-0.39, 0.29) is 11.7 Å². The number of benzene rings is 1. The topological polar surface area (TPSA) is 17.1 Å². The summed E-state index contributed by atoms with van der Waals surface area (Å²) in [5.41, 5.74) is 1.03. The molecule has 0 saturated carbocycles. The minimum Gasteiger partial charge on any atom is -0.293 e. The average molecular weight is 330 g/mol. The normalized spacial score (nSPS) is 12.4. The number of halogens is 2. The van der Waals surface area contributed by atoms with E-state index in [2.05, 4.69) is 15.9 Å². The number of carbonyl (C=O) groups is 1. The number of hydrogen-bond acceptors (Lipinski definition) is 2. The predicted octanol–water partition coefficient (Wildman–Crippen LogP) is 5.15. The highest BCUT2D eigenvalue weighted by atomic mass is 79.9. The molecule has 2 rings (SSSR count). The van der Waals surface area contributed by atoms with Crippen LogP contribution in [0.15, 0.2) is 40.2 Å². The maximum Gasteiger partial charge on any atom is 0.180 e. The fraction of sp³-hybridized carbons (Fsp3) is 0.154. The molecule has 0 aliphatic rings. The third-order valence-electron chi connectivity index (χ3n) is 2.58. The van der Waals surface area contributed by atoms with Crippen molar-refractivity contribution in [2.24, 2.45) is 0 Å². The Morgan fingerprint density at radius 1 is 1.35 bits per heavy atom. The Kier molecular flexibility index (Phi) is 4.02. The van der Waals surface area contributed by atoms with Crippen molar-refractivity contribution >= 4 is 44.7 Å². The number of thiophene rings is 1.